The van der Waals surface area contributed by atoms with E-state index >= 15 is 0 Å². The lowest BCUT2D eigenvalue weighted by Gasteiger charge is -2.39. The molecule has 0 fully saturated rings. The van der Waals surface area contributed by atoms with Crippen LogP contribution in [0.1, 0.15) is 12.8 Å². The van der Waals surface area contributed by atoms with Crippen molar-refractivity contribution in [1.29, 1.82) is 0 Å². The highest BCUT2D eigenvalue weighted by Gasteiger charge is 2.90. The average molecular weight is 411 g/mol. The second-order valence-electron chi connectivity index (χ2n) is 4.35. The van der Waals surface area contributed by atoms with E-state index in [9.17, 15) is 61.9 Å². The van der Waals surface area contributed by atoms with Crippen molar-refractivity contribution in [2.45, 2.75) is 48.6 Å². The smallest absolute Gasteiger partial charge is 0.281 e. The van der Waals surface area contributed by atoms with E-state index in [2.05, 4.69) is 11.6 Å². The second-order valence-corrected chi connectivity index (χ2v) is 4.78. The molecule has 0 atom stereocenters. The van der Waals surface area contributed by atoms with E-state index in [4.69, 9.17) is 0 Å². The molecule has 0 aliphatic carbocycles. The van der Waals surface area contributed by atoms with E-state index in [-0.39, 0.29) is 0 Å². The van der Waals surface area contributed by atoms with E-state index in [1.54, 1.807) is 0 Å². The Morgan fingerprint density at radius 2 is 0.958 bits per heavy atom. The van der Waals surface area contributed by atoms with Crippen molar-refractivity contribution in [3.8, 4) is 0 Å². The van der Waals surface area contributed by atoms with Gasteiger partial charge in [0.15, 0.2) is 0 Å². The van der Waals surface area contributed by atoms with Crippen LogP contribution in [0.3, 0.4) is 0 Å². The van der Waals surface area contributed by atoms with Gasteiger partial charge >= 0.3 is 35.8 Å². The van der Waals surface area contributed by atoms with Gasteiger partial charge in [0.1, 0.15) is 0 Å². The number of hydrogen-bond acceptors (Lipinski definition) is 1. The Bertz CT molecular complexity index is 480. The highest BCUT2D eigenvalue weighted by molar-refractivity contribution is 6.63. The Balaban J connectivity index is 6.05. The molecule has 0 aromatic rings. The molecule has 0 bridgehead atoms. The maximum atomic E-state index is 13.0. The molecular formula is C9H4ClF13O. The minimum Gasteiger partial charge on any atom is -0.281 e. The summed E-state index contributed by atoms with van der Waals surface area (Å²) in [7, 11) is 0. The van der Waals surface area contributed by atoms with Gasteiger partial charge in [-0.05, 0) is 11.6 Å². The van der Waals surface area contributed by atoms with Gasteiger partial charge in [-0.15, -0.1) is 0 Å². The van der Waals surface area contributed by atoms with Crippen LogP contribution in [-0.2, 0) is 4.79 Å². The van der Waals surface area contributed by atoms with Crippen LogP contribution >= 0.6 is 11.6 Å². The number of halogens is 14. The van der Waals surface area contributed by atoms with Crippen molar-refractivity contribution < 1.29 is 61.9 Å². The lowest BCUT2D eigenvalue weighted by molar-refractivity contribution is -0.440. The van der Waals surface area contributed by atoms with Crippen molar-refractivity contribution in [3.05, 3.63) is 0 Å². The predicted octanol–water partition coefficient (Wildman–Crippen LogP) is 5.27. The van der Waals surface area contributed by atoms with Crippen LogP contribution < -0.4 is 0 Å². The molecule has 24 heavy (non-hydrogen) atoms. The monoisotopic (exact) mass is 410 g/mol. The SMILES string of the molecule is O=C(Cl)CCC(F)(F)C(F)(F)C(F)(F)C(F)(F)C(F)(F)C(F)(F)F. The Kier molecular flexibility index (Phi) is 5.85. The fraction of sp³-hybridized carbons (Fsp3) is 0.889. The maximum absolute atomic E-state index is 13.0. The third kappa shape index (κ3) is 3.38. The van der Waals surface area contributed by atoms with E-state index in [1.165, 1.54) is 0 Å². The van der Waals surface area contributed by atoms with Gasteiger partial charge in [-0.1, -0.05) is 0 Å². The summed E-state index contributed by atoms with van der Waals surface area (Å²) in [5.41, 5.74) is 0. The summed E-state index contributed by atoms with van der Waals surface area (Å²) in [5, 5.41) is -1.80. The zero-order chi connectivity index (χ0) is 20.0. The highest BCUT2D eigenvalue weighted by Crippen LogP contribution is 2.60. The molecule has 0 heterocycles. The quantitative estimate of drug-likeness (QED) is 0.413. The fourth-order valence-electron chi connectivity index (χ4n) is 1.21. The molecule has 0 saturated carbocycles. The van der Waals surface area contributed by atoms with Gasteiger partial charge in [-0.25, -0.2) is 0 Å². The minimum atomic E-state index is -7.93. The normalized spacial score (nSPS) is 15.6. The average Bonchev–Trinajstić information content (AvgIpc) is 2.34. The summed E-state index contributed by atoms with van der Waals surface area (Å²) in [6.45, 7) is 0. The molecule has 0 saturated heterocycles. The molecule has 0 aromatic heterocycles. The van der Waals surface area contributed by atoms with Gasteiger partial charge in [0.25, 0.3) is 0 Å². The number of carbonyl (C=O) groups is 1. The number of alkyl halides is 13. The molecule has 0 N–H and O–H groups in total. The predicted molar refractivity (Wildman–Crippen MR) is 50.9 cm³/mol. The van der Waals surface area contributed by atoms with Crippen molar-refractivity contribution in [1.82, 2.24) is 0 Å². The van der Waals surface area contributed by atoms with E-state index in [0.717, 1.165) is 0 Å². The van der Waals surface area contributed by atoms with Crippen molar-refractivity contribution in [3.63, 3.8) is 0 Å². The summed E-state index contributed by atoms with van der Waals surface area (Å²) in [5.74, 6) is -37.2. The molecule has 15 heteroatoms. The van der Waals surface area contributed by atoms with Gasteiger partial charge in [0.2, 0.25) is 5.24 Å². The summed E-state index contributed by atoms with van der Waals surface area (Å²) in [6, 6.07) is 0. The van der Waals surface area contributed by atoms with Gasteiger partial charge in [-0.2, -0.15) is 57.1 Å². The molecule has 0 aliphatic heterocycles. The number of hydrogen-bond donors (Lipinski definition) is 0. The lowest BCUT2D eigenvalue weighted by Crippen LogP contribution is -2.70. The molecule has 0 spiro atoms. The largest absolute Gasteiger partial charge is 0.460 e. The first-order valence-corrected chi connectivity index (χ1v) is 5.68. The van der Waals surface area contributed by atoms with Crippen LogP contribution in [0.15, 0.2) is 0 Å². The van der Waals surface area contributed by atoms with Gasteiger partial charge in [0.05, 0.1) is 0 Å². The first kappa shape index (κ1) is 23.1. The van der Waals surface area contributed by atoms with E-state index in [0.29, 0.717) is 0 Å². The van der Waals surface area contributed by atoms with Gasteiger partial charge in [-0.3, -0.25) is 4.79 Å². The Hall–Kier alpha value is -0.950. The third-order valence-corrected chi connectivity index (χ3v) is 2.82. The second kappa shape index (κ2) is 6.09. The topological polar surface area (TPSA) is 17.1 Å². The zero-order valence-corrected chi connectivity index (χ0v) is 11.4. The standard InChI is InChI=1S/C9H4ClF13O/c10-3(24)1-2-4(11,12)5(13,14)6(15,16)7(17,18)8(19,20)9(21,22)23/h1-2H2. The van der Waals surface area contributed by atoms with Gasteiger partial charge < -0.3 is 0 Å². The van der Waals surface area contributed by atoms with Gasteiger partial charge in [0, 0.05) is 12.8 Å². The van der Waals surface area contributed by atoms with Crippen LogP contribution in [0.25, 0.3) is 0 Å². The van der Waals surface area contributed by atoms with Crippen LogP contribution in [0, 0.1) is 0 Å². The molecule has 0 rings (SSSR count). The van der Waals surface area contributed by atoms with E-state index in [1.807, 2.05) is 0 Å². The van der Waals surface area contributed by atoms with Crippen LogP contribution in [0.5, 0.6) is 0 Å². The maximum Gasteiger partial charge on any atom is 0.460 e. The number of rotatable bonds is 7. The van der Waals surface area contributed by atoms with E-state index < -0.39 is 53.9 Å². The van der Waals surface area contributed by atoms with Crippen LogP contribution in [0.2, 0.25) is 0 Å². The minimum absolute atomic E-state index is 1.78. The summed E-state index contributed by atoms with van der Waals surface area (Å²) in [4.78, 5) is 10.1. The Morgan fingerprint density at radius 3 is 1.25 bits per heavy atom. The van der Waals surface area contributed by atoms with Crippen molar-refractivity contribution in [2.24, 2.45) is 0 Å². The molecular weight excluding hydrogens is 407 g/mol. The molecule has 0 amide bonds. The highest BCUT2D eigenvalue weighted by atomic mass is 35.5. The molecule has 1 nitrogen and oxygen atoms in total. The van der Waals surface area contributed by atoms with Crippen LogP contribution in [0.4, 0.5) is 57.1 Å². The first-order chi connectivity index (χ1) is 10.2. The molecule has 0 unspecified atom stereocenters. The summed E-state index contributed by atoms with van der Waals surface area (Å²) < 4.78 is 163. The molecule has 0 aliphatic rings. The summed E-state index contributed by atoms with van der Waals surface area (Å²) in [6.07, 6.45) is -11.8. The molecule has 144 valence electrons. The zero-order valence-electron chi connectivity index (χ0n) is 10.6. The lowest BCUT2D eigenvalue weighted by atomic mass is 9.92. The fourth-order valence-corrected chi connectivity index (χ4v) is 1.31. The molecule has 0 radical (unpaired) electrons. The van der Waals surface area contributed by atoms with Crippen LogP contribution in [-0.4, -0.2) is 41.0 Å². The third-order valence-electron chi connectivity index (χ3n) is 2.63. The van der Waals surface area contributed by atoms with Crippen molar-refractivity contribution >= 4 is 16.8 Å². The first-order valence-electron chi connectivity index (χ1n) is 5.31. The Morgan fingerprint density at radius 1 is 0.625 bits per heavy atom. The summed E-state index contributed by atoms with van der Waals surface area (Å²) >= 11 is 4.45. The molecule has 0 aromatic carbocycles. The number of carbonyl (C=O) groups excluding carboxylic acids is 1. The van der Waals surface area contributed by atoms with Crippen molar-refractivity contribution in [2.75, 3.05) is 0 Å². The Labute approximate surface area is 128 Å².